The van der Waals surface area contributed by atoms with Gasteiger partial charge in [-0.25, -0.2) is 18.4 Å². The van der Waals surface area contributed by atoms with E-state index in [1.165, 1.54) is 18.2 Å². The van der Waals surface area contributed by atoms with Crippen molar-refractivity contribution in [2.75, 3.05) is 13.1 Å². The zero-order chi connectivity index (χ0) is 16.9. The molecule has 0 aliphatic carbocycles. The van der Waals surface area contributed by atoms with Gasteiger partial charge in [-0.3, -0.25) is 0 Å². The summed E-state index contributed by atoms with van der Waals surface area (Å²) in [7, 11) is -3.83. The van der Waals surface area contributed by atoms with E-state index in [-0.39, 0.29) is 10.5 Å². The first-order valence-corrected chi connectivity index (χ1v) is 8.84. The molecule has 0 saturated carbocycles. The maximum Gasteiger partial charge on any atom is 0.335 e. The van der Waals surface area contributed by atoms with Gasteiger partial charge in [-0.2, -0.15) is 0 Å². The number of hydrogen-bond donors (Lipinski definition) is 2. The number of benzene rings is 1. The molecule has 0 bridgehead atoms. The van der Waals surface area contributed by atoms with E-state index in [4.69, 9.17) is 5.14 Å². The highest BCUT2D eigenvalue weighted by atomic mass is 32.2. The SMILES string of the molecule is CCN(CCCc1cc(S(N)(=O)=O)ccc1C(=O)O)C(C)C. The summed E-state index contributed by atoms with van der Waals surface area (Å²) in [4.78, 5) is 13.5. The summed E-state index contributed by atoms with van der Waals surface area (Å²) in [5.41, 5.74) is 0.624. The molecule has 3 N–H and O–H groups in total. The fourth-order valence-corrected chi connectivity index (χ4v) is 2.98. The lowest BCUT2D eigenvalue weighted by molar-refractivity contribution is 0.0695. The van der Waals surface area contributed by atoms with Crippen molar-refractivity contribution in [2.24, 2.45) is 5.14 Å². The van der Waals surface area contributed by atoms with Crippen LogP contribution in [-0.2, 0) is 16.4 Å². The van der Waals surface area contributed by atoms with Crippen LogP contribution < -0.4 is 5.14 Å². The molecule has 1 aromatic rings. The summed E-state index contributed by atoms with van der Waals surface area (Å²) in [6.07, 6.45) is 1.24. The number of carboxylic acid groups (broad SMARTS) is 1. The van der Waals surface area contributed by atoms with Crippen LogP contribution in [-0.4, -0.2) is 43.5 Å². The number of nitrogens with two attached hydrogens (primary N) is 1. The van der Waals surface area contributed by atoms with Crippen molar-refractivity contribution in [3.05, 3.63) is 29.3 Å². The van der Waals surface area contributed by atoms with Gasteiger partial charge < -0.3 is 10.0 Å². The molecule has 0 heterocycles. The molecule has 0 unspecified atom stereocenters. The van der Waals surface area contributed by atoms with Crippen LogP contribution in [0.4, 0.5) is 0 Å². The van der Waals surface area contributed by atoms with Gasteiger partial charge in [-0.05, 0) is 63.5 Å². The fraction of sp³-hybridized carbons (Fsp3) is 0.533. The summed E-state index contributed by atoms with van der Waals surface area (Å²) in [6, 6.07) is 4.32. The van der Waals surface area contributed by atoms with Crippen molar-refractivity contribution in [1.29, 1.82) is 0 Å². The number of rotatable bonds is 8. The summed E-state index contributed by atoms with van der Waals surface area (Å²) in [6.45, 7) is 8.03. The van der Waals surface area contributed by atoms with Gasteiger partial charge >= 0.3 is 5.97 Å². The van der Waals surface area contributed by atoms with E-state index in [0.717, 1.165) is 19.5 Å². The molecule has 0 amide bonds. The lowest BCUT2D eigenvalue weighted by Crippen LogP contribution is -2.31. The second-order valence-electron chi connectivity index (χ2n) is 5.50. The predicted octanol–water partition coefficient (Wildman–Crippen LogP) is 1.70. The maximum atomic E-state index is 11.4. The molecule has 0 aromatic heterocycles. The first-order valence-electron chi connectivity index (χ1n) is 7.29. The Bertz CT molecular complexity index is 626. The van der Waals surface area contributed by atoms with Crippen LogP contribution in [0.15, 0.2) is 23.1 Å². The van der Waals surface area contributed by atoms with Gasteiger partial charge in [0.2, 0.25) is 10.0 Å². The average Bonchev–Trinajstić information content (AvgIpc) is 2.41. The van der Waals surface area contributed by atoms with Crippen LogP contribution in [0.25, 0.3) is 0 Å². The fourth-order valence-electron chi connectivity index (χ4n) is 2.42. The molecular weight excluding hydrogens is 304 g/mol. The summed E-state index contributed by atoms with van der Waals surface area (Å²) in [5.74, 6) is -1.06. The Labute approximate surface area is 132 Å². The molecule has 0 radical (unpaired) electrons. The first-order chi connectivity index (χ1) is 10.2. The molecular formula is C15H24N2O4S. The molecule has 1 aromatic carbocycles. The third kappa shape index (κ3) is 5.08. The Morgan fingerprint density at radius 3 is 2.45 bits per heavy atom. The number of sulfonamides is 1. The van der Waals surface area contributed by atoms with E-state index < -0.39 is 16.0 Å². The van der Waals surface area contributed by atoms with Gasteiger partial charge in [0.1, 0.15) is 0 Å². The van der Waals surface area contributed by atoms with Crippen molar-refractivity contribution in [1.82, 2.24) is 4.90 Å². The Morgan fingerprint density at radius 1 is 1.36 bits per heavy atom. The minimum Gasteiger partial charge on any atom is -0.478 e. The van der Waals surface area contributed by atoms with Crippen molar-refractivity contribution in [2.45, 2.75) is 44.6 Å². The van der Waals surface area contributed by atoms with E-state index in [9.17, 15) is 18.3 Å². The Balaban J connectivity index is 2.94. The molecule has 0 aliphatic rings. The van der Waals surface area contributed by atoms with Crippen molar-refractivity contribution < 1.29 is 18.3 Å². The van der Waals surface area contributed by atoms with Crippen LogP contribution in [0.2, 0.25) is 0 Å². The monoisotopic (exact) mass is 328 g/mol. The summed E-state index contributed by atoms with van der Waals surface area (Å²) in [5, 5.41) is 14.3. The van der Waals surface area contributed by atoms with Crippen LogP contribution in [0.5, 0.6) is 0 Å². The summed E-state index contributed by atoms with van der Waals surface area (Å²) < 4.78 is 22.8. The maximum absolute atomic E-state index is 11.4. The molecule has 1 rings (SSSR count). The first kappa shape index (κ1) is 18.6. The predicted molar refractivity (Wildman–Crippen MR) is 85.5 cm³/mol. The summed E-state index contributed by atoms with van der Waals surface area (Å²) >= 11 is 0. The van der Waals surface area contributed by atoms with Crippen LogP contribution in [0.3, 0.4) is 0 Å². The Morgan fingerprint density at radius 2 is 2.00 bits per heavy atom. The van der Waals surface area contributed by atoms with Crippen molar-refractivity contribution in [3.8, 4) is 0 Å². The lowest BCUT2D eigenvalue weighted by Gasteiger charge is -2.24. The highest BCUT2D eigenvalue weighted by Crippen LogP contribution is 2.17. The number of carbonyl (C=O) groups is 1. The third-order valence-corrected chi connectivity index (χ3v) is 4.57. The number of nitrogens with zero attached hydrogens (tertiary/aromatic N) is 1. The second kappa shape index (κ2) is 7.71. The lowest BCUT2D eigenvalue weighted by atomic mass is 10.0. The molecule has 22 heavy (non-hydrogen) atoms. The van der Waals surface area contributed by atoms with Gasteiger partial charge in [-0.1, -0.05) is 6.92 Å². The van der Waals surface area contributed by atoms with Gasteiger partial charge in [0, 0.05) is 6.04 Å². The number of hydrogen-bond acceptors (Lipinski definition) is 4. The Kier molecular flexibility index (Phi) is 6.52. The van der Waals surface area contributed by atoms with E-state index in [0.29, 0.717) is 18.0 Å². The van der Waals surface area contributed by atoms with Gasteiger partial charge in [-0.15, -0.1) is 0 Å². The van der Waals surface area contributed by atoms with Gasteiger partial charge in [0.25, 0.3) is 0 Å². The van der Waals surface area contributed by atoms with Crippen LogP contribution in [0, 0.1) is 0 Å². The van der Waals surface area contributed by atoms with Crippen molar-refractivity contribution in [3.63, 3.8) is 0 Å². The normalized spacial score (nSPS) is 12.1. The quantitative estimate of drug-likeness (QED) is 0.756. The Hall–Kier alpha value is -1.44. The minimum atomic E-state index is -3.83. The molecule has 124 valence electrons. The average molecular weight is 328 g/mol. The minimum absolute atomic E-state index is 0.0521. The third-order valence-electron chi connectivity index (χ3n) is 3.66. The van der Waals surface area contributed by atoms with Crippen LogP contribution >= 0.6 is 0 Å². The van der Waals surface area contributed by atoms with Gasteiger partial charge in [0.15, 0.2) is 0 Å². The van der Waals surface area contributed by atoms with E-state index in [2.05, 4.69) is 25.7 Å². The molecule has 0 atom stereocenters. The van der Waals surface area contributed by atoms with Crippen molar-refractivity contribution >= 4 is 16.0 Å². The smallest absolute Gasteiger partial charge is 0.335 e. The molecule has 6 nitrogen and oxygen atoms in total. The standard InChI is InChI=1S/C15H24N2O4S/c1-4-17(11(2)3)9-5-6-12-10-13(22(16,20)21)7-8-14(12)15(18)19/h7-8,10-11H,4-6,9H2,1-3H3,(H,18,19)(H2,16,20,21). The van der Waals surface area contributed by atoms with E-state index >= 15 is 0 Å². The second-order valence-corrected chi connectivity index (χ2v) is 7.06. The number of carboxylic acids is 1. The molecule has 7 heteroatoms. The molecule has 0 aliphatic heterocycles. The highest BCUT2D eigenvalue weighted by Gasteiger charge is 2.16. The van der Waals surface area contributed by atoms with Gasteiger partial charge in [0.05, 0.1) is 10.5 Å². The number of aromatic carboxylic acids is 1. The largest absolute Gasteiger partial charge is 0.478 e. The number of primary sulfonamides is 1. The zero-order valence-electron chi connectivity index (χ0n) is 13.2. The molecule has 0 saturated heterocycles. The topological polar surface area (TPSA) is 101 Å². The molecule has 0 spiro atoms. The van der Waals surface area contributed by atoms with E-state index in [1.807, 2.05) is 0 Å². The zero-order valence-corrected chi connectivity index (χ0v) is 14.1. The molecule has 0 fully saturated rings. The number of aryl methyl sites for hydroxylation is 1. The highest BCUT2D eigenvalue weighted by molar-refractivity contribution is 7.89. The van der Waals surface area contributed by atoms with E-state index in [1.54, 1.807) is 0 Å². The van der Waals surface area contributed by atoms with Crippen LogP contribution in [0.1, 0.15) is 43.1 Å².